The van der Waals surface area contributed by atoms with Crippen LogP contribution in [0.25, 0.3) is 0 Å². The molecule has 0 saturated heterocycles. The maximum Gasteiger partial charge on any atom is 0.308 e. The van der Waals surface area contributed by atoms with Crippen LogP contribution in [-0.4, -0.2) is 30.9 Å². The molecular weight excluding hydrogens is 384 g/mol. The minimum Gasteiger partial charge on any atom is -0.466 e. The predicted octanol–water partition coefficient (Wildman–Crippen LogP) is 4.60. The van der Waals surface area contributed by atoms with E-state index >= 15 is 0 Å². The van der Waals surface area contributed by atoms with Crippen molar-refractivity contribution in [3.8, 4) is 11.5 Å². The molecule has 1 spiro atoms. The summed E-state index contributed by atoms with van der Waals surface area (Å²) >= 11 is 0. The van der Waals surface area contributed by atoms with Gasteiger partial charge in [0.1, 0.15) is 0 Å². The van der Waals surface area contributed by atoms with Crippen molar-refractivity contribution in [1.82, 2.24) is 0 Å². The Bertz CT molecular complexity index is 708. The van der Waals surface area contributed by atoms with Crippen molar-refractivity contribution in [2.24, 2.45) is 11.8 Å². The van der Waals surface area contributed by atoms with Gasteiger partial charge in [-0.15, -0.1) is 0 Å². The zero-order valence-electron chi connectivity index (χ0n) is 18.6. The van der Waals surface area contributed by atoms with Crippen LogP contribution in [0.1, 0.15) is 70.9 Å². The number of fused-ring (bicyclic) bond motifs is 1. The smallest absolute Gasteiger partial charge is 0.308 e. The molecule has 2 unspecified atom stereocenters. The Morgan fingerprint density at radius 1 is 0.867 bits per heavy atom. The highest BCUT2D eigenvalue weighted by Crippen LogP contribution is 2.47. The van der Waals surface area contributed by atoms with E-state index in [2.05, 4.69) is 0 Å². The van der Waals surface area contributed by atoms with Crippen molar-refractivity contribution in [3.63, 3.8) is 0 Å². The predicted molar refractivity (Wildman–Crippen MR) is 113 cm³/mol. The fourth-order valence-electron chi connectivity index (χ4n) is 4.30. The van der Waals surface area contributed by atoms with Crippen molar-refractivity contribution in [2.75, 3.05) is 13.2 Å². The van der Waals surface area contributed by atoms with E-state index in [4.69, 9.17) is 18.9 Å². The second-order valence-electron chi connectivity index (χ2n) is 8.46. The second kappa shape index (κ2) is 9.71. The summed E-state index contributed by atoms with van der Waals surface area (Å²) in [7, 11) is 0. The Morgan fingerprint density at radius 2 is 1.30 bits per heavy atom. The normalized spacial score (nSPS) is 18.7. The first-order chi connectivity index (χ1) is 14.4. The van der Waals surface area contributed by atoms with Crippen LogP contribution in [0.15, 0.2) is 12.1 Å². The van der Waals surface area contributed by atoms with E-state index in [-0.39, 0.29) is 23.8 Å². The van der Waals surface area contributed by atoms with Gasteiger partial charge in [0.05, 0.1) is 25.0 Å². The zero-order chi connectivity index (χ0) is 21.7. The fraction of sp³-hybridized carbons (Fsp3) is 0.667. The van der Waals surface area contributed by atoms with Gasteiger partial charge in [-0.2, -0.15) is 0 Å². The standard InChI is InChI=1S/C24H34O6/c1-5-27-22(25)16(3)12-18-14-20-21(30-24(29-20)10-8-7-9-11-24)15-19(18)13-17(4)23(26)28-6-2/h14-17H,5-13H2,1-4H3. The monoisotopic (exact) mass is 418 g/mol. The summed E-state index contributed by atoms with van der Waals surface area (Å²) in [4.78, 5) is 24.4. The van der Waals surface area contributed by atoms with Crippen LogP contribution in [0, 0.1) is 11.8 Å². The molecule has 0 bridgehead atoms. The summed E-state index contributed by atoms with van der Waals surface area (Å²) in [5, 5.41) is 0. The average Bonchev–Trinajstić information content (AvgIpc) is 3.04. The maximum atomic E-state index is 12.2. The molecule has 2 aliphatic rings. The summed E-state index contributed by atoms with van der Waals surface area (Å²) in [5.41, 5.74) is 1.98. The van der Waals surface area contributed by atoms with E-state index in [9.17, 15) is 9.59 Å². The molecule has 1 aliphatic carbocycles. The fourth-order valence-corrected chi connectivity index (χ4v) is 4.30. The number of hydrogen-bond donors (Lipinski definition) is 0. The first-order valence-corrected chi connectivity index (χ1v) is 11.2. The second-order valence-corrected chi connectivity index (χ2v) is 8.46. The topological polar surface area (TPSA) is 71.1 Å². The maximum absolute atomic E-state index is 12.2. The van der Waals surface area contributed by atoms with Crippen LogP contribution in [0.5, 0.6) is 11.5 Å². The van der Waals surface area contributed by atoms with Crippen LogP contribution >= 0.6 is 0 Å². The summed E-state index contributed by atoms with van der Waals surface area (Å²) < 4.78 is 22.9. The van der Waals surface area contributed by atoms with Gasteiger partial charge >= 0.3 is 11.9 Å². The van der Waals surface area contributed by atoms with Gasteiger partial charge in [0.15, 0.2) is 11.5 Å². The van der Waals surface area contributed by atoms with Gasteiger partial charge in [-0.05, 0) is 62.8 Å². The lowest BCUT2D eigenvalue weighted by atomic mass is 9.91. The summed E-state index contributed by atoms with van der Waals surface area (Å²) in [6.07, 6.45) is 6.19. The number of rotatable bonds is 8. The van der Waals surface area contributed by atoms with Gasteiger partial charge in [0, 0.05) is 12.8 Å². The van der Waals surface area contributed by atoms with Gasteiger partial charge in [-0.1, -0.05) is 20.3 Å². The van der Waals surface area contributed by atoms with Gasteiger partial charge in [0.25, 0.3) is 5.79 Å². The Balaban J connectivity index is 1.86. The molecule has 3 rings (SSSR count). The molecule has 6 nitrogen and oxygen atoms in total. The summed E-state index contributed by atoms with van der Waals surface area (Å²) in [5.74, 6) is -0.107. The van der Waals surface area contributed by atoms with E-state index in [1.54, 1.807) is 13.8 Å². The molecule has 0 aromatic heterocycles. The lowest BCUT2D eigenvalue weighted by Crippen LogP contribution is -2.40. The number of esters is 2. The summed E-state index contributed by atoms with van der Waals surface area (Å²) in [6, 6.07) is 3.98. The van der Waals surface area contributed by atoms with E-state index < -0.39 is 5.79 Å². The number of carbonyl (C=O) groups is 2. The van der Waals surface area contributed by atoms with E-state index in [0.717, 1.165) is 48.3 Å². The first-order valence-electron chi connectivity index (χ1n) is 11.2. The SMILES string of the molecule is CCOC(=O)C(C)Cc1cc2c(cc1CC(C)C(=O)OCC)OC1(CCCCC1)O2. The largest absolute Gasteiger partial charge is 0.466 e. The highest BCUT2D eigenvalue weighted by molar-refractivity contribution is 5.73. The average molecular weight is 419 g/mol. The van der Waals surface area contributed by atoms with Crippen LogP contribution in [0.3, 0.4) is 0 Å². The van der Waals surface area contributed by atoms with Crippen molar-refractivity contribution in [3.05, 3.63) is 23.3 Å². The molecule has 1 aromatic rings. The number of hydrogen-bond acceptors (Lipinski definition) is 6. The van der Waals surface area contributed by atoms with E-state index in [0.29, 0.717) is 26.1 Å². The number of ether oxygens (including phenoxy) is 4. The van der Waals surface area contributed by atoms with Crippen LogP contribution in [0.2, 0.25) is 0 Å². The Kier molecular flexibility index (Phi) is 7.27. The Labute approximate surface area is 179 Å². The highest BCUT2D eigenvalue weighted by Gasteiger charge is 2.43. The molecule has 1 aromatic carbocycles. The molecular formula is C24H34O6. The molecule has 1 heterocycles. The molecule has 1 fully saturated rings. The quantitative estimate of drug-likeness (QED) is 0.575. The van der Waals surface area contributed by atoms with Gasteiger partial charge < -0.3 is 18.9 Å². The Hall–Kier alpha value is -2.24. The first kappa shape index (κ1) is 22.4. The van der Waals surface area contributed by atoms with Gasteiger partial charge in [-0.3, -0.25) is 9.59 Å². The highest BCUT2D eigenvalue weighted by atomic mass is 16.7. The van der Waals surface area contributed by atoms with Crippen molar-refractivity contribution in [1.29, 1.82) is 0 Å². The molecule has 1 saturated carbocycles. The molecule has 6 heteroatoms. The van der Waals surface area contributed by atoms with Gasteiger partial charge in [-0.25, -0.2) is 0 Å². The van der Waals surface area contributed by atoms with E-state index in [1.807, 2.05) is 26.0 Å². The minimum atomic E-state index is -0.560. The molecule has 2 atom stereocenters. The molecule has 166 valence electrons. The third-order valence-corrected chi connectivity index (χ3v) is 5.90. The summed E-state index contributed by atoms with van der Waals surface area (Å²) in [6.45, 7) is 8.06. The third kappa shape index (κ3) is 5.08. The number of carbonyl (C=O) groups excluding carboxylic acids is 2. The van der Waals surface area contributed by atoms with Gasteiger partial charge in [0.2, 0.25) is 0 Å². The van der Waals surface area contributed by atoms with Crippen molar-refractivity contribution >= 4 is 11.9 Å². The third-order valence-electron chi connectivity index (χ3n) is 5.90. The minimum absolute atomic E-state index is 0.219. The van der Waals surface area contributed by atoms with Crippen molar-refractivity contribution in [2.45, 2.75) is 78.4 Å². The molecule has 1 aliphatic heterocycles. The van der Waals surface area contributed by atoms with Crippen LogP contribution < -0.4 is 9.47 Å². The lowest BCUT2D eigenvalue weighted by molar-refractivity contribution is -0.148. The lowest BCUT2D eigenvalue weighted by Gasteiger charge is -2.31. The zero-order valence-corrected chi connectivity index (χ0v) is 18.6. The number of benzene rings is 1. The Morgan fingerprint density at radius 3 is 1.70 bits per heavy atom. The molecule has 30 heavy (non-hydrogen) atoms. The molecule has 0 amide bonds. The van der Waals surface area contributed by atoms with Crippen molar-refractivity contribution < 1.29 is 28.5 Å². The molecule has 0 radical (unpaired) electrons. The molecule has 0 N–H and O–H groups in total. The van der Waals surface area contributed by atoms with Crippen LogP contribution in [0.4, 0.5) is 0 Å². The van der Waals surface area contributed by atoms with Crippen LogP contribution in [-0.2, 0) is 31.9 Å². The van der Waals surface area contributed by atoms with E-state index in [1.165, 1.54) is 6.42 Å².